The van der Waals surface area contributed by atoms with Crippen LogP contribution in [-0.4, -0.2) is 60.2 Å². The van der Waals surface area contributed by atoms with E-state index in [0.29, 0.717) is 30.2 Å². The van der Waals surface area contributed by atoms with Crippen molar-refractivity contribution in [2.75, 3.05) is 19.7 Å². The summed E-state index contributed by atoms with van der Waals surface area (Å²) in [6.45, 7) is 6.41. The van der Waals surface area contributed by atoms with Crippen molar-refractivity contribution in [2.24, 2.45) is 16.6 Å². The minimum Gasteiger partial charge on any atom is -0.490 e. The number of amides is 1. The summed E-state index contributed by atoms with van der Waals surface area (Å²) in [5.74, 6) is 5.64. The molecule has 1 amide bonds. The van der Waals surface area contributed by atoms with Gasteiger partial charge in [-0.1, -0.05) is 60.7 Å². The lowest BCUT2D eigenvalue weighted by Crippen LogP contribution is -2.41. The van der Waals surface area contributed by atoms with Gasteiger partial charge in [0.05, 0.1) is 12.6 Å². The molecule has 0 aliphatic carbocycles. The summed E-state index contributed by atoms with van der Waals surface area (Å²) in [5, 5.41) is 0. The first-order chi connectivity index (χ1) is 20.6. The van der Waals surface area contributed by atoms with Crippen LogP contribution in [0.2, 0.25) is 0 Å². The van der Waals surface area contributed by atoms with E-state index in [0.717, 1.165) is 24.0 Å². The smallest absolute Gasteiger partial charge is 0.410 e. The van der Waals surface area contributed by atoms with E-state index in [9.17, 15) is 9.59 Å². The van der Waals surface area contributed by atoms with E-state index in [1.54, 1.807) is 29.2 Å². The van der Waals surface area contributed by atoms with Gasteiger partial charge in [0.15, 0.2) is 6.10 Å². The van der Waals surface area contributed by atoms with Gasteiger partial charge in [-0.05, 0) is 69.0 Å². The lowest BCUT2D eigenvalue weighted by atomic mass is 10.0. The quantitative estimate of drug-likeness (QED) is 0.141. The first-order valence-corrected chi connectivity index (χ1v) is 14.3. The lowest BCUT2D eigenvalue weighted by molar-refractivity contribution is -0.163. The average Bonchev–Trinajstić information content (AvgIpc) is 3.48. The molecule has 0 aromatic heterocycles. The third-order valence-corrected chi connectivity index (χ3v) is 6.89. The van der Waals surface area contributed by atoms with Gasteiger partial charge in [-0.3, -0.25) is 9.83 Å². The zero-order valence-corrected chi connectivity index (χ0v) is 24.8. The molecule has 0 saturated carbocycles. The van der Waals surface area contributed by atoms with Crippen LogP contribution in [0.3, 0.4) is 0 Å². The molecule has 228 valence electrons. The molecule has 0 bridgehead atoms. The van der Waals surface area contributed by atoms with Crippen LogP contribution in [0.15, 0.2) is 89.9 Å². The van der Waals surface area contributed by atoms with Gasteiger partial charge < -0.3 is 24.8 Å². The Bertz CT molecular complexity index is 1320. The van der Waals surface area contributed by atoms with Crippen molar-refractivity contribution in [3.63, 3.8) is 0 Å². The van der Waals surface area contributed by atoms with Gasteiger partial charge in [0, 0.05) is 12.1 Å². The van der Waals surface area contributed by atoms with E-state index in [-0.39, 0.29) is 18.7 Å². The van der Waals surface area contributed by atoms with E-state index < -0.39 is 23.8 Å². The average molecular weight is 589 g/mol. The van der Waals surface area contributed by atoms with Gasteiger partial charge in [0.1, 0.15) is 23.8 Å². The van der Waals surface area contributed by atoms with Gasteiger partial charge in [-0.2, -0.15) is 0 Å². The number of aliphatic imine (C=N–C) groups is 1. The molecule has 1 heterocycles. The van der Waals surface area contributed by atoms with Gasteiger partial charge in [-0.25, -0.2) is 15.5 Å². The zero-order chi connectivity index (χ0) is 30.8. The molecule has 2 unspecified atom stereocenters. The van der Waals surface area contributed by atoms with E-state index >= 15 is 0 Å². The van der Waals surface area contributed by atoms with Crippen molar-refractivity contribution in [1.82, 2.24) is 4.90 Å². The molecule has 0 radical (unpaired) electrons. The molecule has 4 N–H and O–H groups in total. The lowest BCUT2D eigenvalue weighted by Gasteiger charge is -2.28. The molecule has 1 saturated heterocycles. The van der Waals surface area contributed by atoms with Crippen molar-refractivity contribution < 1.29 is 28.6 Å². The highest BCUT2D eigenvalue weighted by atomic mass is 16.7. The monoisotopic (exact) mass is 588 g/mol. The fourth-order valence-electron chi connectivity index (χ4n) is 4.71. The van der Waals surface area contributed by atoms with E-state index in [1.165, 1.54) is 0 Å². The number of benzene rings is 3. The number of hydrogen-bond donors (Lipinski definition) is 2. The summed E-state index contributed by atoms with van der Waals surface area (Å²) in [6, 6.07) is 25.8. The van der Waals surface area contributed by atoms with Crippen LogP contribution in [0.4, 0.5) is 4.79 Å². The Hall–Kier alpha value is -4.41. The number of likely N-dealkylation sites (tertiary alicyclic amines) is 1. The standard InChI is InChI=1S/C33H40N4O6/c1-33(2,3)42-32(39)37-20-10-15-26(37)21-36-30(34)25-16-18-27(19-17-25)40-22-28(43-35)31(38)41-29(23-11-6-4-7-12-23)24-13-8-5-9-14-24/h4-9,11-14,16-19,26,28-29H,10,15,20-22,35H2,1-3H3,(H2,34,36). The fourth-order valence-corrected chi connectivity index (χ4v) is 4.71. The Morgan fingerprint density at radius 2 is 1.56 bits per heavy atom. The maximum absolute atomic E-state index is 13.0. The Kier molecular flexibility index (Phi) is 10.7. The van der Waals surface area contributed by atoms with E-state index in [2.05, 4.69) is 4.99 Å². The highest BCUT2D eigenvalue weighted by Crippen LogP contribution is 2.27. The van der Waals surface area contributed by atoms with Gasteiger partial charge in [0.25, 0.3) is 0 Å². The first-order valence-electron chi connectivity index (χ1n) is 14.3. The molecule has 10 heteroatoms. The molecule has 3 aromatic rings. The number of nitrogens with zero attached hydrogens (tertiary/aromatic N) is 2. The predicted octanol–water partition coefficient (Wildman–Crippen LogP) is 4.76. The second-order valence-electron chi connectivity index (χ2n) is 11.3. The second-order valence-corrected chi connectivity index (χ2v) is 11.3. The summed E-state index contributed by atoms with van der Waals surface area (Å²) in [5.41, 5.74) is 8.03. The van der Waals surface area contributed by atoms with Gasteiger partial charge >= 0.3 is 12.1 Å². The Balaban J connectivity index is 1.33. The van der Waals surface area contributed by atoms with Crippen LogP contribution in [0.5, 0.6) is 5.75 Å². The van der Waals surface area contributed by atoms with Crippen LogP contribution in [-0.2, 0) is 19.1 Å². The second kappa shape index (κ2) is 14.7. The van der Waals surface area contributed by atoms with Crippen LogP contribution >= 0.6 is 0 Å². The van der Waals surface area contributed by atoms with Crippen molar-refractivity contribution in [3.8, 4) is 5.75 Å². The summed E-state index contributed by atoms with van der Waals surface area (Å²) < 4.78 is 17.2. The molecular formula is C33H40N4O6. The molecule has 1 aliphatic rings. The van der Waals surface area contributed by atoms with E-state index in [1.807, 2.05) is 81.4 Å². The molecule has 43 heavy (non-hydrogen) atoms. The Morgan fingerprint density at radius 3 is 2.12 bits per heavy atom. The van der Waals surface area contributed by atoms with Crippen LogP contribution in [0, 0.1) is 0 Å². The number of hydrogen-bond acceptors (Lipinski definition) is 8. The molecule has 0 spiro atoms. The number of rotatable bonds is 11. The molecule has 1 fully saturated rings. The van der Waals surface area contributed by atoms with Crippen LogP contribution in [0.1, 0.15) is 56.4 Å². The maximum atomic E-state index is 13.0. The first kappa shape index (κ1) is 31.5. The molecule has 2 atom stereocenters. The maximum Gasteiger partial charge on any atom is 0.410 e. The Labute approximate surface area is 252 Å². The number of carbonyl (C=O) groups excluding carboxylic acids is 2. The summed E-state index contributed by atoms with van der Waals surface area (Å²) in [4.78, 5) is 36.8. The molecule has 1 aliphatic heterocycles. The minimum absolute atomic E-state index is 0.0627. The number of amidine groups is 1. The fraction of sp³-hybridized carbons (Fsp3) is 0.364. The van der Waals surface area contributed by atoms with E-state index in [4.69, 9.17) is 30.7 Å². The highest BCUT2D eigenvalue weighted by Gasteiger charge is 2.32. The third-order valence-electron chi connectivity index (χ3n) is 6.89. The van der Waals surface area contributed by atoms with Crippen molar-refractivity contribution in [2.45, 2.75) is 57.5 Å². The number of ether oxygens (including phenoxy) is 3. The number of esters is 1. The highest BCUT2D eigenvalue weighted by molar-refractivity contribution is 5.97. The summed E-state index contributed by atoms with van der Waals surface area (Å²) >= 11 is 0. The van der Waals surface area contributed by atoms with Crippen molar-refractivity contribution >= 4 is 17.9 Å². The Morgan fingerprint density at radius 1 is 0.953 bits per heavy atom. The zero-order valence-electron chi connectivity index (χ0n) is 24.8. The molecule has 10 nitrogen and oxygen atoms in total. The van der Waals surface area contributed by atoms with Gasteiger partial charge in [0.2, 0.25) is 6.10 Å². The van der Waals surface area contributed by atoms with Crippen molar-refractivity contribution in [3.05, 3.63) is 102 Å². The molecular weight excluding hydrogens is 548 g/mol. The van der Waals surface area contributed by atoms with Crippen molar-refractivity contribution in [1.29, 1.82) is 0 Å². The topological polar surface area (TPSA) is 139 Å². The summed E-state index contributed by atoms with van der Waals surface area (Å²) in [6.07, 6.45) is -0.377. The third kappa shape index (κ3) is 9.04. The largest absolute Gasteiger partial charge is 0.490 e. The van der Waals surface area contributed by atoms with Crippen LogP contribution in [0.25, 0.3) is 0 Å². The molecule has 4 rings (SSSR count). The molecule has 3 aromatic carbocycles. The van der Waals surface area contributed by atoms with Gasteiger partial charge in [-0.15, -0.1) is 0 Å². The normalized spacial score (nSPS) is 16.2. The number of nitrogens with two attached hydrogens (primary N) is 2. The summed E-state index contributed by atoms with van der Waals surface area (Å²) in [7, 11) is 0. The van der Waals surface area contributed by atoms with Crippen LogP contribution < -0.4 is 16.4 Å². The minimum atomic E-state index is -1.15. The number of carbonyl (C=O) groups is 2. The SMILES string of the molecule is CC(C)(C)OC(=O)N1CCCC1CN=C(N)c1ccc(OCC(ON)C(=O)OC(c2ccccc2)c2ccccc2)cc1. The predicted molar refractivity (Wildman–Crippen MR) is 163 cm³/mol.